The molecular formula is C9H12N4O5. The molecule has 1 aromatic rings. The molecule has 98 valence electrons. The summed E-state index contributed by atoms with van der Waals surface area (Å²) in [6.07, 6.45) is 0.950. The lowest BCUT2D eigenvalue weighted by Gasteiger charge is -2.12. The Bertz CT molecular complexity index is 430. The number of carboxylic acid groups (broad SMARTS) is 1. The van der Waals surface area contributed by atoms with E-state index in [4.69, 9.17) is 5.11 Å². The van der Waals surface area contributed by atoms with Gasteiger partial charge in [0.05, 0.1) is 7.11 Å². The van der Waals surface area contributed by atoms with Crippen LogP contribution in [0.1, 0.15) is 23.5 Å². The van der Waals surface area contributed by atoms with Crippen molar-refractivity contribution in [2.45, 2.75) is 18.9 Å². The van der Waals surface area contributed by atoms with Gasteiger partial charge in [0, 0.05) is 6.42 Å². The molecule has 1 aromatic heterocycles. The molecule has 1 atom stereocenters. The quantitative estimate of drug-likeness (QED) is 0.552. The van der Waals surface area contributed by atoms with Gasteiger partial charge in [-0.25, -0.2) is 9.78 Å². The van der Waals surface area contributed by atoms with Gasteiger partial charge in [-0.05, 0) is 6.42 Å². The molecule has 1 rings (SSSR count). The van der Waals surface area contributed by atoms with E-state index in [1.165, 1.54) is 7.11 Å². The molecule has 18 heavy (non-hydrogen) atoms. The van der Waals surface area contributed by atoms with Crippen molar-refractivity contribution in [2.75, 3.05) is 7.11 Å². The van der Waals surface area contributed by atoms with Crippen molar-refractivity contribution in [3.63, 3.8) is 0 Å². The van der Waals surface area contributed by atoms with Gasteiger partial charge in [0.15, 0.2) is 0 Å². The molecule has 0 aliphatic rings. The van der Waals surface area contributed by atoms with E-state index in [1.54, 1.807) is 0 Å². The highest BCUT2D eigenvalue weighted by molar-refractivity contribution is 5.93. The first-order valence-corrected chi connectivity index (χ1v) is 5.00. The number of nitrogens with zero attached hydrogens (tertiary/aromatic N) is 2. The van der Waals surface area contributed by atoms with Gasteiger partial charge >= 0.3 is 11.9 Å². The fourth-order valence-corrected chi connectivity index (χ4v) is 1.16. The molecule has 1 heterocycles. The lowest BCUT2D eigenvalue weighted by molar-refractivity contribution is -0.142. The smallest absolute Gasteiger partial charge is 0.326 e. The monoisotopic (exact) mass is 256 g/mol. The number of aromatic amines is 1. The Balaban J connectivity index is 2.55. The zero-order valence-electron chi connectivity index (χ0n) is 9.54. The number of aliphatic carboxylic acids is 1. The van der Waals surface area contributed by atoms with Crippen molar-refractivity contribution in [1.82, 2.24) is 20.5 Å². The number of hydrogen-bond acceptors (Lipinski definition) is 6. The third kappa shape index (κ3) is 3.85. The van der Waals surface area contributed by atoms with Crippen LogP contribution in [-0.4, -0.2) is 51.3 Å². The summed E-state index contributed by atoms with van der Waals surface area (Å²) < 4.78 is 4.38. The Labute approximate surface area is 102 Å². The molecule has 0 aliphatic carbocycles. The minimum Gasteiger partial charge on any atom is -0.480 e. The van der Waals surface area contributed by atoms with Gasteiger partial charge in [0.25, 0.3) is 5.91 Å². The molecular weight excluding hydrogens is 244 g/mol. The number of H-pyrrole nitrogens is 1. The topological polar surface area (TPSA) is 134 Å². The zero-order chi connectivity index (χ0) is 13.5. The highest BCUT2D eigenvalue weighted by Gasteiger charge is 2.22. The summed E-state index contributed by atoms with van der Waals surface area (Å²) >= 11 is 0. The number of rotatable bonds is 6. The van der Waals surface area contributed by atoms with Gasteiger partial charge in [-0.2, -0.15) is 5.10 Å². The number of amides is 1. The molecule has 0 fully saturated rings. The second-order valence-corrected chi connectivity index (χ2v) is 3.31. The SMILES string of the molecule is COC(=O)CC[C@@H](NC(=O)c1ncn[nH]1)C(=O)O. The van der Waals surface area contributed by atoms with Gasteiger partial charge in [-0.15, -0.1) is 0 Å². The van der Waals surface area contributed by atoms with E-state index in [-0.39, 0.29) is 18.7 Å². The number of carboxylic acids is 1. The summed E-state index contributed by atoms with van der Waals surface area (Å²) in [6.45, 7) is 0. The number of esters is 1. The average Bonchev–Trinajstić information content (AvgIpc) is 2.87. The number of carbonyl (C=O) groups is 3. The predicted octanol–water partition coefficient (Wildman–Crippen LogP) is -1.06. The van der Waals surface area contributed by atoms with Gasteiger partial charge in [0.2, 0.25) is 5.82 Å². The van der Waals surface area contributed by atoms with E-state index in [2.05, 4.69) is 25.2 Å². The summed E-state index contributed by atoms with van der Waals surface area (Å²) in [5, 5.41) is 16.9. The number of ether oxygens (including phenoxy) is 1. The van der Waals surface area contributed by atoms with Crippen molar-refractivity contribution in [3.8, 4) is 0 Å². The zero-order valence-corrected chi connectivity index (χ0v) is 9.54. The molecule has 0 radical (unpaired) electrons. The van der Waals surface area contributed by atoms with Gasteiger partial charge in [-0.1, -0.05) is 0 Å². The molecule has 0 unspecified atom stereocenters. The van der Waals surface area contributed by atoms with Crippen LogP contribution in [-0.2, 0) is 14.3 Å². The first-order chi connectivity index (χ1) is 8.54. The van der Waals surface area contributed by atoms with Crippen molar-refractivity contribution in [2.24, 2.45) is 0 Å². The highest BCUT2D eigenvalue weighted by Crippen LogP contribution is 2.00. The Hall–Kier alpha value is -2.45. The molecule has 1 amide bonds. The standard InChI is InChI=1S/C9H12N4O5/c1-18-6(14)3-2-5(9(16)17)12-8(15)7-10-4-11-13-7/h4-5H,2-3H2,1H3,(H,12,15)(H,16,17)(H,10,11,13)/t5-/m1/s1. The maximum Gasteiger partial charge on any atom is 0.326 e. The maximum absolute atomic E-state index is 11.5. The Morgan fingerprint density at radius 2 is 2.28 bits per heavy atom. The number of nitrogens with one attached hydrogen (secondary N) is 2. The highest BCUT2D eigenvalue weighted by atomic mass is 16.5. The van der Waals surface area contributed by atoms with E-state index in [1.807, 2.05) is 0 Å². The van der Waals surface area contributed by atoms with Crippen molar-refractivity contribution in [3.05, 3.63) is 12.2 Å². The van der Waals surface area contributed by atoms with Crippen LogP contribution >= 0.6 is 0 Å². The van der Waals surface area contributed by atoms with Crippen LogP contribution in [0.15, 0.2) is 6.33 Å². The van der Waals surface area contributed by atoms with Crippen LogP contribution in [0.2, 0.25) is 0 Å². The summed E-state index contributed by atoms with van der Waals surface area (Å²) in [6, 6.07) is -1.19. The fraction of sp³-hybridized carbons (Fsp3) is 0.444. The number of methoxy groups -OCH3 is 1. The van der Waals surface area contributed by atoms with Crippen LogP contribution in [0.4, 0.5) is 0 Å². The van der Waals surface area contributed by atoms with Crippen molar-refractivity contribution in [1.29, 1.82) is 0 Å². The molecule has 0 saturated heterocycles. The molecule has 3 N–H and O–H groups in total. The molecule has 0 aliphatic heterocycles. The van der Waals surface area contributed by atoms with Crippen LogP contribution in [0.5, 0.6) is 0 Å². The van der Waals surface area contributed by atoms with Gasteiger partial charge in [-0.3, -0.25) is 14.7 Å². The molecule has 0 spiro atoms. The Morgan fingerprint density at radius 3 is 2.78 bits per heavy atom. The van der Waals surface area contributed by atoms with Gasteiger partial charge in [0.1, 0.15) is 12.4 Å². The molecule has 9 heteroatoms. The lowest BCUT2D eigenvalue weighted by Crippen LogP contribution is -2.41. The fourth-order valence-electron chi connectivity index (χ4n) is 1.16. The molecule has 0 saturated carbocycles. The van der Waals surface area contributed by atoms with E-state index in [0.717, 1.165) is 6.33 Å². The van der Waals surface area contributed by atoms with Crippen molar-refractivity contribution < 1.29 is 24.2 Å². The maximum atomic E-state index is 11.5. The van der Waals surface area contributed by atoms with Crippen LogP contribution < -0.4 is 5.32 Å². The van der Waals surface area contributed by atoms with E-state index < -0.39 is 23.9 Å². The average molecular weight is 256 g/mol. The van der Waals surface area contributed by atoms with Gasteiger partial charge < -0.3 is 15.2 Å². The summed E-state index contributed by atoms with van der Waals surface area (Å²) in [5.41, 5.74) is 0. The molecule has 9 nitrogen and oxygen atoms in total. The summed E-state index contributed by atoms with van der Waals surface area (Å²) in [5.74, 6) is -2.59. The lowest BCUT2D eigenvalue weighted by atomic mass is 10.1. The summed E-state index contributed by atoms with van der Waals surface area (Å²) in [4.78, 5) is 36.9. The largest absolute Gasteiger partial charge is 0.480 e. The second-order valence-electron chi connectivity index (χ2n) is 3.31. The molecule has 0 aromatic carbocycles. The third-order valence-electron chi connectivity index (χ3n) is 2.10. The first kappa shape index (κ1) is 13.6. The normalized spacial score (nSPS) is 11.6. The van der Waals surface area contributed by atoms with E-state index in [0.29, 0.717) is 0 Å². The Morgan fingerprint density at radius 1 is 1.56 bits per heavy atom. The summed E-state index contributed by atoms with van der Waals surface area (Å²) in [7, 11) is 1.20. The van der Waals surface area contributed by atoms with E-state index in [9.17, 15) is 14.4 Å². The number of hydrogen-bond donors (Lipinski definition) is 3. The predicted molar refractivity (Wildman–Crippen MR) is 56.5 cm³/mol. The molecule has 0 bridgehead atoms. The van der Waals surface area contributed by atoms with Crippen molar-refractivity contribution >= 4 is 17.8 Å². The minimum atomic E-state index is -1.24. The first-order valence-electron chi connectivity index (χ1n) is 5.00. The van der Waals surface area contributed by atoms with Crippen LogP contribution in [0.25, 0.3) is 0 Å². The Kier molecular flexibility index (Phi) is 4.78. The number of aromatic nitrogens is 3. The van der Waals surface area contributed by atoms with Crippen LogP contribution in [0.3, 0.4) is 0 Å². The second kappa shape index (κ2) is 6.33. The van der Waals surface area contributed by atoms with Crippen LogP contribution in [0, 0.1) is 0 Å². The third-order valence-corrected chi connectivity index (χ3v) is 2.10. The minimum absolute atomic E-state index is 0.0676. The van der Waals surface area contributed by atoms with E-state index >= 15 is 0 Å². The number of carbonyl (C=O) groups excluding carboxylic acids is 2.